The molecule has 2 heterocycles. The number of ether oxygens (including phenoxy) is 2. The van der Waals surface area contributed by atoms with Crippen molar-refractivity contribution in [3.8, 4) is 17.2 Å². The molecule has 0 aliphatic carbocycles. The number of carbonyl (C=O) groups is 2. The van der Waals surface area contributed by atoms with E-state index >= 15 is 4.57 Å². The molecule has 5 rings (SSSR count). The summed E-state index contributed by atoms with van der Waals surface area (Å²) >= 11 is 0. The molecule has 2 aliphatic rings. The molecule has 0 aromatic heterocycles. The molecule has 2 saturated heterocycles. The predicted octanol–water partition coefficient (Wildman–Crippen LogP) is 16.4. The minimum atomic E-state index is -3.58. The Labute approximate surface area is 394 Å². The first kappa shape index (κ1) is 52.2. The second kappa shape index (κ2) is 23.3. The third-order valence-corrected chi connectivity index (χ3v) is 17.4. The van der Waals surface area contributed by atoms with E-state index in [1.165, 1.54) is 64.2 Å². The van der Waals surface area contributed by atoms with Gasteiger partial charge in [0.05, 0.1) is 11.3 Å². The number of unbranched alkanes of at least 4 members (excludes halogenated alkanes) is 12. The van der Waals surface area contributed by atoms with E-state index < -0.39 is 29.5 Å². The van der Waals surface area contributed by atoms with E-state index in [1.54, 1.807) is 0 Å². The lowest BCUT2D eigenvalue weighted by atomic mass is 9.79. The normalized spacial score (nSPS) is 18.3. The van der Waals surface area contributed by atoms with Gasteiger partial charge in [-0.05, 0) is 142 Å². The standard InChI is InChI=1S/C56H85N2O6P/c1-11-13-15-17-19-21-24-32-44-34-28-30-38-49(44)62-51(59)57-53(3,4)40-47(41-54(57,5)6)65(61,64-46-36-26-23-27-37-46)48-42-55(7,8)58(56(9,10)43-48)52(60)63-50-39-31-29-35-45(50)33-25-22-20-18-16-14-12-2/h23,26-31,34-39,47-48H,11-22,24-25,32-33,40-43H2,1-10H3. The first-order valence-electron chi connectivity index (χ1n) is 25.4. The molecule has 2 amide bonds. The highest BCUT2D eigenvalue weighted by Gasteiger charge is 2.60. The average molecular weight is 913 g/mol. The largest absolute Gasteiger partial charge is 0.442 e. The molecular formula is C56H85N2O6P. The van der Waals surface area contributed by atoms with Crippen LogP contribution in [0.15, 0.2) is 78.9 Å². The van der Waals surface area contributed by atoms with Crippen molar-refractivity contribution >= 4 is 19.6 Å². The van der Waals surface area contributed by atoms with Gasteiger partial charge in [-0.25, -0.2) is 9.59 Å². The fraction of sp³-hybridized carbons (Fsp3) is 0.643. The maximum absolute atomic E-state index is 16.4. The Morgan fingerprint density at radius 1 is 0.492 bits per heavy atom. The molecule has 2 fully saturated rings. The lowest BCUT2D eigenvalue weighted by Gasteiger charge is -2.58. The molecular weight excluding hydrogens is 828 g/mol. The molecule has 9 heteroatoms. The monoisotopic (exact) mass is 913 g/mol. The van der Waals surface area contributed by atoms with Gasteiger partial charge in [-0.1, -0.05) is 145 Å². The number of amides is 2. The fourth-order valence-electron chi connectivity index (χ4n) is 11.5. The van der Waals surface area contributed by atoms with Crippen molar-refractivity contribution in [1.82, 2.24) is 9.80 Å². The van der Waals surface area contributed by atoms with E-state index in [9.17, 15) is 9.59 Å². The minimum absolute atomic E-state index is 0.366. The van der Waals surface area contributed by atoms with E-state index in [-0.39, 0.29) is 23.5 Å². The number of para-hydroxylation sites is 3. The van der Waals surface area contributed by atoms with Gasteiger partial charge in [0.2, 0.25) is 0 Å². The third-order valence-electron chi connectivity index (χ3n) is 14.2. The van der Waals surface area contributed by atoms with Gasteiger partial charge in [0, 0.05) is 22.2 Å². The number of benzene rings is 3. The minimum Gasteiger partial charge on any atom is -0.442 e. The summed E-state index contributed by atoms with van der Waals surface area (Å²) in [5.41, 5.74) is -1.50. The number of hydrogen-bond donors (Lipinski definition) is 0. The molecule has 0 radical (unpaired) electrons. The van der Waals surface area contributed by atoms with E-state index in [0.717, 1.165) is 49.7 Å². The van der Waals surface area contributed by atoms with Crippen molar-refractivity contribution in [2.75, 3.05) is 0 Å². The number of likely N-dealkylation sites (tertiary alicyclic amines) is 2. The smallest absolute Gasteiger partial charge is 0.416 e. The summed E-state index contributed by atoms with van der Waals surface area (Å²) in [5.74, 6) is 1.80. The molecule has 3 aromatic carbocycles. The average Bonchev–Trinajstić information content (AvgIpc) is 3.22. The molecule has 0 atom stereocenters. The van der Waals surface area contributed by atoms with Gasteiger partial charge < -0.3 is 14.0 Å². The molecule has 2 aliphatic heterocycles. The van der Waals surface area contributed by atoms with Gasteiger partial charge in [0.15, 0.2) is 0 Å². The number of rotatable bonds is 22. The number of aryl methyl sites for hydroxylation is 2. The Morgan fingerprint density at radius 3 is 1.18 bits per heavy atom. The van der Waals surface area contributed by atoms with E-state index in [4.69, 9.17) is 14.0 Å². The zero-order chi connectivity index (χ0) is 47.3. The van der Waals surface area contributed by atoms with Crippen LogP contribution in [0.5, 0.6) is 17.2 Å². The molecule has 65 heavy (non-hydrogen) atoms. The Bertz CT molecular complexity index is 1850. The van der Waals surface area contributed by atoms with Crippen LogP contribution in [0.4, 0.5) is 9.59 Å². The van der Waals surface area contributed by atoms with E-state index in [2.05, 4.69) is 81.4 Å². The van der Waals surface area contributed by atoms with Crippen LogP contribution in [0, 0.1) is 0 Å². The molecule has 3 aromatic rings. The van der Waals surface area contributed by atoms with Crippen LogP contribution in [-0.4, -0.2) is 55.5 Å². The molecule has 8 nitrogen and oxygen atoms in total. The highest BCUT2D eigenvalue weighted by Crippen LogP contribution is 2.67. The molecule has 0 unspecified atom stereocenters. The summed E-state index contributed by atoms with van der Waals surface area (Å²) in [6, 6.07) is 25.4. The SMILES string of the molecule is CCCCCCCCCc1ccccc1OC(=O)N1C(C)(C)CC(P(=O)(Oc2ccccc2)C2CC(C)(C)N(C(=O)Oc3ccccc3CCCCCCCCC)C(C)(C)C2)CC1(C)C. The molecule has 0 saturated carbocycles. The van der Waals surface area contributed by atoms with Gasteiger partial charge in [-0.2, -0.15) is 0 Å². The predicted molar refractivity (Wildman–Crippen MR) is 269 cm³/mol. The highest BCUT2D eigenvalue weighted by molar-refractivity contribution is 7.61. The Kier molecular flexibility index (Phi) is 18.7. The molecule has 0 bridgehead atoms. The summed E-state index contributed by atoms with van der Waals surface area (Å²) in [5, 5.41) is 0. The van der Waals surface area contributed by atoms with Gasteiger partial charge in [-0.15, -0.1) is 0 Å². The summed E-state index contributed by atoms with van der Waals surface area (Å²) in [7, 11) is -3.58. The van der Waals surface area contributed by atoms with Crippen molar-refractivity contribution in [3.05, 3.63) is 90.0 Å². The van der Waals surface area contributed by atoms with Crippen LogP contribution in [0.2, 0.25) is 0 Å². The second-order valence-corrected chi connectivity index (χ2v) is 24.7. The Balaban J connectivity index is 1.34. The maximum atomic E-state index is 16.4. The summed E-state index contributed by atoms with van der Waals surface area (Å²) in [6.45, 7) is 21.0. The lowest BCUT2D eigenvalue weighted by Crippen LogP contribution is -2.66. The van der Waals surface area contributed by atoms with Crippen LogP contribution in [-0.2, 0) is 17.4 Å². The van der Waals surface area contributed by atoms with Crippen molar-refractivity contribution < 1.29 is 28.2 Å². The van der Waals surface area contributed by atoms with Crippen molar-refractivity contribution in [2.24, 2.45) is 0 Å². The van der Waals surface area contributed by atoms with Crippen molar-refractivity contribution in [2.45, 2.75) is 231 Å². The quantitative estimate of drug-likeness (QED) is 0.0737. The molecule has 0 spiro atoms. The van der Waals surface area contributed by atoms with Crippen LogP contribution < -0.4 is 14.0 Å². The van der Waals surface area contributed by atoms with Crippen LogP contribution >= 0.6 is 7.37 Å². The first-order valence-corrected chi connectivity index (χ1v) is 27.1. The molecule has 360 valence electrons. The number of piperidine rings is 2. The number of hydrogen-bond acceptors (Lipinski definition) is 6. The Morgan fingerprint density at radius 2 is 0.815 bits per heavy atom. The number of carbonyl (C=O) groups excluding carboxylic acids is 2. The van der Waals surface area contributed by atoms with E-state index in [0.29, 0.717) is 42.9 Å². The maximum Gasteiger partial charge on any atom is 0.416 e. The Hall–Kier alpha value is -3.77. The van der Waals surface area contributed by atoms with Gasteiger partial charge >= 0.3 is 12.2 Å². The van der Waals surface area contributed by atoms with Crippen molar-refractivity contribution in [1.29, 1.82) is 0 Å². The van der Waals surface area contributed by atoms with E-state index in [1.807, 2.05) is 76.5 Å². The summed E-state index contributed by atoms with van der Waals surface area (Å²) in [6.07, 6.45) is 19.9. The van der Waals surface area contributed by atoms with Crippen LogP contribution in [0.1, 0.15) is 196 Å². The lowest BCUT2D eigenvalue weighted by molar-refractivity contribution is -0.0116. The third kappa shape index (κ3) is 13.9. The molecule has 0 N–H and O–H groups in total. The highest BCUT2D eigenvalue weighted by atomic mass is 31.2. The summed E-state index contributed by atoms with van der Waals surface area (Å²) in [4.78, 5) is 32.7. The zero-order valence-corrected chi connectivity index (χ0v) is 43.0. The topological polar surface area (TPSA) is 85.4 Å². The van der Waals surface area contributed by atoms with Gasteiger partial charge in [-0.3, -0.25) is 14.4 Å². The van der Waals surface area contributed by atoms with Gasteiger partial charge in [0.25, 0.3) is 7.37 Å². The second-order valence-electron chi connectivity index (χ2n) is 21.8. The summed E-state index contributed by atoms with van der Waals surface area (Å²) < 4.78 is 35.9. The van der Waals surface area contributed by atoms with Crippen LogP contribution in [0.3, 0.4) is 0 Å². The van der Waals surface area contributed by atoms with Gasteiger partial charge in [0.1, 0.15) is 17.2 Å². The zero-order valence-electron chi connectivity index (χ0n) is 42.1. The first-order chi connectivity index (χ1) is 30.8. The van der Waals surface area contributed by atoms with Crippen molar-refractivity contribution in [3.63, 3.8) is 0 Å². The number of nitrogens with zero attached hydrogens (tertiary/aromatic N) is 2. The van der Waals surface area contributed by atoms with Crippen LogP contribution in [0.25, 0.3) is 0 Å². The fourth-order valence-corrected chi connectivity index (χ4v) is 15.6.